The summed E-state index contributed by atoms with van der Waals surface area (Å²) in [5.74, 6) is -0.103. The molecule has 1 N–H and O–H groups in total. The molecule has 2 aromatic rings. The summed E-state index contributed by atoms with van der Waals surface area (Å²) in [5.41, 5.74) is 1.46. The number of esters is 1. The lowest BCUT2D eigenvalue weighted by molar-refractivity contribution is -0.147. The Kier molecular flexibility index (Phi) is 7.69. The van der Waals surface area contributed by atoms with Crippen molar-refractivity contribution in [3.8, 4) is 11.8 Å². The zero-order valence-corrected chi connectivity index (χ0v) is 14.3. The van der Waals surface area contributed by atoms with Crippen molar-refractivity contribution in [2.75, 3.05) is 18.5 Å². The lowest BCUT2D eigenvalue weighted by atomic mass is 10.1. The Hall–Kier alpha value is -3.33. The van der Waals surface area contributed by atoms with E-state index in [4.69, 9.17) is 14.7 Å². The largest absolute Gasteiger partial charge is 0.494 e. The van der Waals surface area contributed by atoms with E-state index in [1.807, 2.05) is 30.3 Å². The van der Waals surface area contributed by atoms with Gasteiger partial charge < -0.3 is 14.8 Å². The Labute approximate surface area is 152 Å². The summed E-state index contributed by atoms with van der Waals surface area (Å²) >= 11 is 0. The second-order valence-corrected chi connectivity index (χ2v) is 5.51. The Morgan fingerprint density at radius 1 is 1.04 bits per heavy atom. The highest BCUT2D eigenvalue weighted by atomic mass is 16.5. The quantitative estimate of drug-likeness (QED) is 0.553. The number of nitriles is 1. The minimum Gasteiger partial charge on any atom is -0.494 e. The van der Waals surface area contributed by atoms with Crippen molar-refractivity contribution in [3.05, 3.63) is 60.2 Å². The van der Waals surface area contributed by atoms with Gasteiger partial charge in [-0.2, -0.15) is 5.26 Å². The monoisotopic (exact) mass is 352 g/mol. The summed E-state index contributed by atoms with van der Waals surface area (Å²) in [5, 5.41) is 11.2. The predicted molar refractivity (Wildman–Crippen MR) is 96.5 cm³/mol. The van der Waals surface area contributed by atoms with Crippen LogP contribution >= 0.6 is 0 Å². The first-order valence-electron chi connectivity index (χ1n) is 8.26. The molecule has 6 heteroatoms. The third-order valence-electron chi connectivity index (χ3n) is 3.42. The number of carbonyl (C=O) groups excluding carboxylic acids is 2. The van der Waals surface area contributed by atoms with Crippen LogP contribution in [0.15, 0.2) is 54.6 Å². The van der Waals surface area contributed by atoms with Gasteiger partial charge in [-0.1, -0.05) is 30.3 Å². The van der Waals surface area contributed by atoms with Gasteiger partial charge in [0.2, 0.25) is 0 Å². The van der Waals surface area contributed by atoms with Crippen LogP contribution < -0.4 is 10.1 Å². The van der Waals surface area contributed by atoms with Gasteiger partial charge in [-0.3, -0.25) is 9.59 Å². The first kappa shape index (κ1) is 19.0. The molecule has 0 saturated carbocycles. The molecule has 0 aromatic heterocycles. The van der Waals surface area contributed by atoms with Gasteiger partial charge in [0.1, 0.15) is 5.75 Å². The molecule has 0 aliphatic heterocycles. The molecule has 0 aliphatic rings. The molecule has 26 heavy (non-hydrogen) atoms. The highest BCUT2D eigenvalue weighted by molar-refractivity contribution is 5.92. The van der Waals surface area contributed by atoms with Crippen LogP contribution in [0.4, 0.5) is 5.69 Å². The molecule has 134 valence electrons. The van der Waals surface area contributed by atoms with Gasteiger partial charge >= 0.3 is 5.97 Å². The second kappa shape index (κ2) is 10.5. The first-order valence-corrected chi connectivity index (χ1v) is 8.26. The molecule has 6 nitrogen and oxygen atoms in total. The summed E-state index contributed by atoms with van der Waals surface area (Å²) in [6, 6.07) is 18.3. The summed E-state index contributed by atoms with van der Waals surface area (Å²) in [6.07, 6.45) is 1.01. The number of nitrogens with one attached hydrogen (secondary N) is 1. The molecule has 0 radical (unpaired) electrons. The van der Waals surface area contributed by atoms with Crippen LogP contribution in [0.1, 0.15) is 18.4 Å². The molecular weight excluding hydrogens is 332 g/mol. The van der Waals surface area contributed by atoms with Gasteiger partial charge in [0.25, 0.3) is 5.91 Å². The Morgan fingerprint density at radius 3 is 2.46 bits per heavy atom. The SMILES string of the molecule is N#CCc1ccc(NC(=O)COC(=O)CCCOc2ccccc2)cc1. The van der Waals surface area contributed by atoms with E-state index in [9.17, 15) is 9.59 Å². The number of nitrogens with zero attached hydrogens (tertiary/aromatic N) is 1. The average Bonchev–Trinajstić information content (AvgIpc) is 2.66. The van der Waals surface area contributed by atoms with Gasteiger partial charge in [0.15, 0.2) is 6.61 Å². The van der Waals surface area contributed by atoms with E-state index in [0.29, 0.717) is 25.1 Å². The van der Waals surface area contributed by atoms with Crippen molar-refractivity contribution in [1.29, 1.82) is 5.26 Å². The number of amides is 1. The topological polar surface area (TPSA) is 88.4 Å². The number of anilines is 1. The average molecular weight is 352 g/mol. The van der Waals surface area contributed by atoms with Crippen LogP contribution in [-0.4, -0.2) is 25.1 Å². The van der Waals surface area contributed by atoms with Crippen molar-refractivity contribution in [2.24, 2.45) is 0 Å². The fourth-order valence-electron chi connectivity index (χ4n) is 2.14. The van der Waals surface area contributed by atoms with Crippen LogP contribution in [0.3, 0.4) is 0 Å². The number of rotatable bonds is 9. The molecule has 1 amide bonds. The van der Waals surface area contributed by atoms with E-state index < -0.39 is 11.9 Å². The van der Waals surface area contributed by atoms with Gasteiger partial charge in [-0.15, -0.1) is 0 Å². The molecule has 2 aromatic carbocycles. The van der Waals surface area contributed by atoms with E-state index in [1.54, 1.807) is 24.3 Å². The van der Waals surface area contributed by atoms with Gasteiger partial charge in [-0.05, 0) is 36.2 Å². The van der Waals surface area contributed by atoms with Gasteiger partial charge in [0.05, 0.1) is 19.1 Å². The molecule has 0 atom stereocenters. The number of hydrogen-bond acceptors (Lipinski definition) is 5. The van der Waals surface area contributed by atoms with Crippen LogP contribution in [0, 0.1) is 11.3 Å². The van der Waals surface area contributed by atoms with E-state index >= 15 is 0 Å². The number of ether oxygens (including phenoxy) is 2. The molecule has 0 saturated heterocycles. The summed E-state index contributed by atoms with van der Waals surface area (Å²) < 4.78 is 10.4. The maximum Gasteiger partial charge on any atom is 0.306 e. The smallest absolute Gasteiger partial charge is 0.306 e. The van der Waals surface area contributed by atoms with E-state index in [-0.39, 0.29) is 13.0 Å². The molecule has 2 rings (SSSR count). The van der Waals surface area contributed by atoms with Crippen LogP contribution in [0.2, 0.25) is 0 Å². The fraction of sp³-hybridized carbons (Fsp3) is 0.250. The van der Waals surface area contributed by atoms with Crippen LogP contribution in [-0.2, 0) is 20.7 Å². The summed E-state index contributed by atoms with van der Waals surface area (Å²) in [7, 11) is 0. The second-order valence-electron chi connectivity index (χ2n) is 5.51. The van der Waals surface area contributed by atoms with E-state index in [0.717, 1.165) is 11.3 Å². The third kappa shape index (κ3) is 7.05. The number of hydrogen-bond donors (Lipinski definition) is 1. The molecule has 0 bridgehead atoms. The van der Waals surface area contributed by atoms with Crippen molar-refractivity contribution in [2.45, 2.75) is 19.3 Å². The van der Waals surface area contributed by atoms with Gasteiger partial charge in [0, 0.05) is 12.1 Å². The normalized spacial score (nSPS) is 9.81. The highest BCUT2D eigenvalue weighted by Crippen LogP contribution is 2.10. The molecular formula is C20H20N2O4. The van der Waals surface area contributed by atoms with Crippen molar-refractivity contribution < 1.29 is 19.1 Å². The summed E-state index contributed by atoms with van der Waals surface area (Å²) in [6.45, 7) is 0.0681. The molecule has 0 fully saturated rings. The van der Waals surface area contributed by atoms with Crippen LogP contribution in [0.25, 0.3) is 0 Å². The highest BCUT2D eigenvalue weighted by Gasteiger charge is 2.08. The van der Waals surface area contributed by atoms with Crippen LogP contribution in [0.5, 0.6) is 5.75 Å². The first-order chi connectivity index (χ1) is 12.7. The number of para-hydroxylation sites is 1. The van der Waals surface area contributed by atoms with Crippen molar-refractivity contribution in [3.63, 3.8) is 0 Å². The maximum atomic E-state index is 11.8. The minimum atomic E-state index is -0.443. The van der Waals surface area contributed by atoms with Gasteiger partial charge in [-0.25, -0.2) is 0 Å². The zero-order chi connectivity index (χ0) is 18.6. The molecule has 0 heterocycles. The summed E-state index contributed by atoms with van der Waals surface area (Å²) in [4.78, 5) is 23.4. The fourth-order valence-corrected chi connectivity index (χ4v) is 2.14. The lowest BCUT2D eigenvalue weighted by Gasteiger charge is -2.08. The van der Waals surface area contributed by atoms with Crippen molar-refractivity contribution >= 4 is 17.6 Å². The minimum absolute atomic E-state index is 0.184. The third-order valence-corrected chi connectivity index (χ3v) is 3.42. The molecule has 0 unspecified atom stereocenters. The maximum absolute atomic E-state index is 11.8. The standard InChI is InChI=1S/C20H20N2O4/c21-13-12-16-8-10-17(11-9-16)22-19(23)15-26-20(24)7-4-14-25-18-5-2-1-3-6-18/h1-3,5-6,8-11H,4,7,12,14-15H2,(H,22,23). The molecule has 0 spiro atoms. The number of benzene rings is 2. The Balaban J connectivity index is 1.60. The number of carbonyl (C=O) groups is 2. The Morgan fingerprint density at radius 2 is 1.77 bits per heavy atom. The van der Waals surface area contributed by atoms with Crippen molar-refractivity contribution in [1.82, 2.24) is 0 Å². The van der Waals surface area contributed by atoms with E-state index in [1.165, 1.54) is 0 Å². The predicted octanol–water partition coefficient (Wildman–Crippen LogP) is 3.09. The van der Waals surface area contributed by atoms with E-state index in [2.05, 4.69) is 11.4 Å². The molecule has 0 aliphatic carbocycles. The zero-order valence-electron chi connectivity index (χ0n) is 14.3. The Bertz CT molecular complexity index is 752. The lowest BCUT2D eigenvalue weighted by Crippen LogP contribution is -2.21.